The van der Waals surface area contributed by atoms with Gasteiger partial charge in [0.2, 0.25) is 0 Å². The van der Waals surface area contributed by atoms with Gasteiger partial charge in [0.1, 0.15) is 0 Å². The van der Waals surface area contributed by atoms with E-state index in [2.05, 4.69) is 0 Å². The minimum Gasteiger partial charge on any atom is -0.478 e. The number of halogens is 3. The van der Waals surface area contributed by atoms with E-state index in [9.17, 15) is 22.8 Å². The molecule has 7 heteroatoms. The third kappa shape index (κ3) is 3.50. The highest BCUT2D eigenvalue weighted by molar-refractivity contribution is 5.87. The molecule has 0 fully saturated rings. The Labute approximate surface area is 117 Å². The lowest BCUT2D eigenvalue weighted by atomic mass is 10.1. The summed E-state index contributed by atoms with van der Waals surface area (Å²) in [5.74, 6) is -1.24. The molecule has 0 aliphatic rings. The standard InChI is InChI=1S/C14H10F3NO3/c15-14(16,17)11-3-1-2-9(6-11)8-18-5-4-10(13(20)21)7-12(18)19/h1-7H,8H2,(H,20,21). The zero-order chi connectivity index (χ0) is 15.6. The predicted molar refractivity (Wildman–Crippen MR) is 68.2 cm³/mol. The van der Waals surface area contributed by atoms with Crippen LogP contribution in [0.25, 0.3) is 0 Å². The largest absolute Gasteiger partial charge is 0.478 e. The van der Waals surface area contributed by atoms with Crippen LogP contribution in [-0.4, -0.2) is 15.6 Å². The third-order valence-corrected chi connectivity index (χ3v) is 2.85. The molecule has 0 bridgehead atoms. The van der Waals surface area contributed by atoms with E-state index in [-0.39, 0.29) is 12.1 Å². The summed E-state index contributed by atoms with van der Waals surface area (Å²) in [6.45, 7) is -0.0668. The smallest absolute Gasteiger partial charge is 0.416 e. The third-order valence-electron chi connectivity index (χ3n) is 2.85. The van der Waals surface area contributed by atoms with E-state index in [1.165, 1.54) is 24.4 Å². The molecule has 0 amide bonds. The summed E-state index contributed by atoms with van der Waals surface area (Å²) in [7, 11) is 0. The first kappa shape index (κ1) is 14.8. The summed E-state index contributed by atoms with van der Waals surface area (Å²) in [5.41, 5.74) is -1.25. The van der Waals surface area contributed by atoms with Gasteiger partial charge in [-0.15, -0.1) is 0 Å². The predicted octanol–water partition coefficient (Wildman–Crippen LogP) is 2.61. The number of hydrogen-bond donors (Lipinski definition) is 1. The highest BCUT2D eigenvalue weighted by Crippen LogP contribution is 2.29. The maximum atomic E-state index is 12.6. The van der Waals surface area contributed by atoms with E-state index in [4.69, 9.17) is 5.11 Å². The Morgan fingerprint density at radius 3 is 2.48 bits per heavy atom. The second-order valence-electron chi connectivity index (χ2n) is 4.38. The van der Waals surface area contributed by atoms with Gasteiger partial charge < -0.3 is 9.67 Å². The highest BCUT2D eigenvalue weighted by atomic mass is 19.4. The first-order valence-electron chi connectivity index (χ1n) is 5.87. The van der Waals surface area contributed by atoms with Crippen LogP contribution < -0.4 is 5.56 Å². The van der Waals surface area contributed by atoms with Crippen LogP contribution in [0, 0.1) is 0 Å². The minimum absolute atomic E-state index is 0.0668. The number of benzene rings is 1. The zero-order valence-corrected chi connectivity index (χ0v) is 10.6. The average molecular weight is 297 g/mol. The monoisotopic (exact) mass is 297 g/mol. The Kier molecular flexibility index (Phi) is 3.84. The van der Waals surface area contributed by atoms with Crippen molar-refractivity contribution in [3.8, 4) is 0 Å². The van der Waals surface area contributed by atoms with Gasteiger partial charge in [0.25, 0.3) is 5.56 Å². The molecular formula is C14H10F3NO3. The number of rotatable bonds is 3. The SMILES string of the molecule is O=C(O)c1ccn(Cc2cccc(C(F)(F)F)c2)c(=O)c1. The number of pyridine rings is 1. The second kappa shape index (κ2) is 5.43. The van der Waals surface area contributed by atoms with Crippen molar-refractivity contribution in [2.75, 3.05) is 0 Å². The van der Waals surface area contributed by atoms with E-state index in [1.807, 2.05) is 0 Å². The molecule has 0 aliphatic carbocycles. The van der Waals surface area contributed by atoms with Crippen LogP contribution >= 0.6 is 0 Å². The number of nitrogens with zero attached hydrogens (tertiary/aromatic N) is 1. The molecule has 0 spiro atoms. The molecule has 1 heterocycles. The van der Waals surface area contributed by atoms with Gasteiger partial charge in [0.15, 0.2) is 0 Å². The molecule has 4 nitrogen and oxygen atoms in total. The molecular weight excluding hydrogens is 287 g/mol. The summed E-state index contributed by atoms with van der Waals surface area (Å²) >= 11 is 0. The molecule has 0 saturated heterocycles. The number of carboxylic acids is 1. The number of carboxylic acid groups (broad SMARTS) is 1. The van der Waals surface area contributed by atoms with Crippen molar-refractivity contribution in [3.63, 3.8) is 0 Å². The van der Waals surface area contributed by atoms with Crippen molar-refractivity contribution in [1.29, 1.82) is 0 Å². The molecule has 1 N–H and O–H groups in total. The normalized spacial score (nSPS) is 11.4. The summed E-state index contributed by atoms with van der Waals surface area (Å²) in [4.78, 5) is 22.4. The number of carbonyl (C=O) groups is 1. The first-order chi connectivity index (χ1) is 9.77. The quantitative estimate of drug-likeness (QED) is 0.947. The van der Waals surface area contributed by atoms with Gasteiger partial charge in [-0.05, 0) is 23.8 Å². The lowest BCUT2D eigenvalue weighted by molar-refractivity contribution is -0.137. The van der Waals surface area contributed by atoms with Crippen molar-refractivity contribution in [3.05, 3.63) is 69.6 Å². The molecule has 110 valence electrons. The fraction of sp³-hybridized carbons (Fsp3) is 0.143. The first-order valence-corrected chi connectivity index (χ1v) is 5.87. The van der Waals surface area contributed by atoms with E-state index >= 15 is 0 Å². The second-order valence-corrected chi connectivity index (χ2v) is 4.38. The molecule has 0 saturated carbocycles. The maximum absolute atomic E-state index is 12.6. The Morgan fingerprint density at radius 2 is 1.90 bits per heavy atom. The summed E-state index contributed by atoms with van der Waals surface area (Å²) in [6, 6.07) is 6.77. The van der Waals surface area contributed by atoms with Crippen molar-refractivity contribution >= 4 is 5.97 Å². The van der Waals surface area contributed by atoms with Crippen LogP contribution in [0.4, 0.5) is 13.2 Å². The van der Waals surface area contributed by atoms with Crippen molar-refractivity contribution in [1.82, 2.24) is 4.57 Å². The molecule has 1 aromatic carbocycles. The highest BCUT2D eigenvalue weighted by Gasteiger charge is 2.30. The fourth-order valence-electron chi connectivity index (χ4n) is 1.81. The topological polar surface area (TPSA) is 59.3 Å². The Morgan fingerprint density at radius 1 is 1.19 bits per heavy atom. The summed E-state index contributed by atoms with van der Waals surface area (Å²) < 4.78 is 38.9. The summed E-state index contributed by atoms with van der Waals surface area (Å²) in [5, 5.41) is 8.74. The van der Waals surface area contributed by atoms with Crippen molar-refractivity contribution in [2.45, 2.75) is 12.7 Å². The van der Waals surface area contributed by atoms with Gasteiger partial charge in [-0.1, -0.05) is 12.1 Å². The average Bonchev–Trinajstić information content (AvgIpc) is 2.40. The van der Waals surface area contributed by atoms with Gasteiger partial charge in [-0.25, -0.2) is 4.79 Å². The van der Waals surface area contributed by atoms with Gasteiger partial charge in [-0.2, -0.15) is 13.2 Å². The lowest BCUT2D eigenvalue weighted by Gasteiger charge is -2.10. The van der Waals surface area contributed by atoms with E-state index in [0.717, 1.165) is 22.8 Å². The Bertz CT molecular complexity index is 735. The molecule has 0 radical (unpaired) electrons. The molecule has 0 aliphatic heterocycles. The molecule has 1 aromatic heterocycles. The molecule has 0 unspecified atom stereocenters. The van der Waals surface area contributed by atoms with Crippen LogP contribution in [0.3, 0.4) is 0 Å². The Balaban J connectivity index is 2.31. The van der Waals surface area contributed by atoms with Crippen molar-refractivity contribution < 1.29 is 23.1 Å². The van der Waals surface area contributed by atoms with Crippen LogP contribution in [-0.2, 0) is 12.7 Å². The minimum atomic E-state index is -4.45. The molecule has 2 aromatic rings. The Hall–Kier alpha value is -2.57. The van der Waals surface area contributed by atoms with Crippen molar-refractivity contribution in [2.24, 2.45) is 0 Å². The number of alkyl halides is 3. The van der Waals surface area contributed by atoms with E-state index < -0.39 is 23.3 Å². The molecule has 0 atom stereocenters. The number of aromatic nitrogens is 1. The number of hydrogen-bond acceptors (Lipinski definition) is 2. The molecule has 21 heavy (non-hydrogen) atoms. The van der Waals surface area contributed by atoms with E-state index in [0.29, 0.717) is 5.56 Å². The van der Waals surface area contributed by atoms with Crippen LogP contribution in [0.15, 0.2) is 47.4 Å². The maximum Gasteiger partial charge on any atom is 0.416 e. The fourth-order valence-corrected chi connectivity index (χ4v) is 1.81. The lowest BCUT2D eigenvalue weighted by Crippen LogP contribution is -2.21. The van der Waals surface area contributed by atoms with Crippen LogP contribution in [0.1, 0.15) is 21.5 Å². The van der Waals surface area contributed by atoms with Crippen LogP contribution in [0.5, 0.6) is 0 Å². The number of aromatic carboxylic acids is 1. The van der Waals surface area contributed by atoms with Crippen LogP contribution in [0.2, 0.25) is 0 Å². The van der Waals surface area contributed by atoms with Gasteiger partial charge >= 0.3 is 12.1 Å². The summed E-state index contributed by atoms with van der Waals surface area (Å²) in [6.07, 6.45) is -3.21. The van der Waals surface area contributed by atoms with Gasteiger partial charge in [0, 0.05) is 12.3 Å². The van der Waals surface area contributed by atoms with E-state index in [1.54, 1.807) is 0 Å². The zero-order valence-electron chi connectivity index (χ0n) is 10.6. The van der Waals surface area contributed by atoms with Gasteiger partial charge in [0.05, 0.1) is 17.7 Å². The van der Waals surface area contributed by atoms with Gasteiger partial charge in [-0.3, -0.25) is 4.79 Å². The molecule has 2 rings (SSSR count).